The van der Waals surface area contributed by atoms with Crippen LogP contribution in [-0.2, 0) is 0 Å². The zero-order valence-corrected chi connectivity index (χ0v) is 12.2. The highest BCUT2D eigenvalue weighted by atomic mass is 16.3. The molecular formula is C17H20N2O2. The van der Waals surface area contributed by atoms with E-state index in [-0.39, 0.29) is 11.9 Å². The molecule has 2 bridgehead atoms. The summed E-state index contributed by atoms with van der Waals surface area (Å²) in [5, 5.41) is 4.24. The van der Waals surface area contributed by atoms with Crippen LogP contribution < -0.4 is 5.32 Å². The first-order valence-electron chi connectivity index (χ1n) is 7.74. The van der Waals surface area contributed by atoms with Crippen molar-refractivity contribution in [2.45, 2.75) is 31.8 Å². The molecule has 1 amide bonds. The van der Waals surface area contributed by atoms with Crippen molar-refractivity contribution in [3.8, 4) is 0 Å². The molecule has 3 aliphatic heterocycles. The summed E-state index contributed by atoms with van der Waals surface area (Å²) in [6.45, 7) is 4.59. The third-order valence-electron chi connectivity index (χ3n) is 5.19. The molecule has 4 heteroatoms. The first-order valence-corrected chi connectivity index (χ1v) is 7.74. The molecule has 3 aliphatic rings. The predicted molar refractivity (Wildman–Crippen MR) is 81.2 cm³/mol. The number of furan rings is 1. The Hall–Kier alpha value is -1.81. The summed E-state index contributed by atoms with van der Waals surface area (Å²) in [6.07, 6.45) is 4.06. The number of benzene rings is 1. The smallest absolute Gasteiger partial charge is 0.251 e. The van der Waals surface area contributed by atoms with Crippen LogP contribution >= 0.6 is 0 Å². The number of piperidine rings is 3. The van der Waals surface area contributed by atoms with Crippen molar-refractivity contribution < 1.29 is 9.21 Å². The second-order valence-electron chi connectivity index (χ2n) is 6.29. The Morgan fingerprint density at radius 2 is 2.10 bits per heavy atom. The first-order chi connectivity index (χ1) is 10.2. The average molecular weight is 284 g/mol. The minimum absolute atomic E-state index is 0.0312. The number of rotatable bonds is 2. The lowest BCUT2D eigenvalue weighted by Crippen LogP contribution is -2.62. The lowest BCUT2D eigenvalue weighted by atomic mass is 9.79. The van der Waals surface area contributed by atoms with E-state index < -0.39 is 0 Å². The SMILES string of the molecule is C[C@H]1[C@H](NC(=O)c2ccc3occc3c2)C2CCN1CC2. The number of hydrogen-bond acceptors (Lipinski definition) is 3. The van der Waals surface area contributed by atoms with Crippen LogP contribution in [0.25, 0.3) is 11.0 Å². The third kappa shape index (κ3) is 2.14. The molecule has 0 saturated carbocycles. The molecule has 2 aromatic rings. The van der Waals surface area contributed by atoms with E-state index in [0.29, 0.717) is 17.5 Å². The Bertz CT molecular complexity index is 668. The van der Waals surface area contributed by atoms with E-state index in [9.17, 15) is 4.79 Å². The minimum atomic E-state index is 0.0312. The van der Waals surface area contributed by atoms with Crippen molar-refractivity contribution >= 4 is 16.9 Å². The molecule has 1 aromatic heterocycles. The van der Waals surface area contributed by atoms with Crippen molar-refractivity contribution in [1.29, 1.82) is 0 Å². The number of amides is 1. The first kappa shape index (κ1) is 12.9. The summed E-state index contributed by atoms with van der Waals surface area (Å²) in [7, 11) is 0. The Morgan fingerprint density at radius 1 is 1.29 bits per heavy atom. The van der Waals surface area contributed by atoms with Crippen LogP contribution in [0.5, 0.6) is 0 Å². The van der Waals surface area contributed by atoms with Gasteiger partial charge in [0.15, 0.2) is 0 Å². The van der Waals surface area contributed by atoms with Gasteiger partial charge in [0.25, 0.3) is 5.91 Å². The lowest BCUT2D eigenvalue weighted by Gasteiger charge is -2.49. The lowest BCUT2D eigenvalue weighted by molar-refractivity contribution is 0.0217. The summed E-state index contributed by atoms with van der Waals surface area (Å²) in [4.78, 5) is 15.0. The summed E-state index contributed by atoms with van der Waals surface area (Å²) in [5.41, 5.74) is 1.54. The number of carbonyl (C=O) groups is 1. The second-order valence-corrected chi connectivity index (χ2v) is 6.29. The molecule has 1 aromatic carbocycles. The van der Waals surface area contributed by atoms with Crippen molar-refractivity contribution in [2.24, 2.45) is 5.92 Å². The van der Waals surface area contributed by atoms with Gasteiger partial charge in [-0.05, 0) is 63.0 Å². The van der Waals surface area contributed by atoms with Crippen LogP contribution in [-0.4, -0.2) is 36.0 Å². The summed E-state index contributed by atoms with van der Waals surface area (Å²) >= 11 is 0. The fourth-order valence-electron chi connectivity index (χ4n) is 3.89. The van der Waals surface area contributed by atoms with Crippen LogP contribution in [0, 0.1) is 5.92 Å². The van der Waals surface area contributed by atoms with Gasteiger partial charge >= 0.3 is 0 Å². The summed E-state index contributed by atoms with van der Waals surface area (Å²) in [6, 6.07) is 8.22. The molecule has 5 rings (SSSR count). The maximum absolute atomic E-state index is 12.5. The maximum atomic E-state index is 12.5. The van der Waals surface area contributed by atoms with Gasteiger partial charge < -0.3 is 9.73 Å². The molecule has 0 unspecified atom stereocenters. The minimum Gasteiger partial charge on any atom is -0.464 e. The summed E-state index contributed by atoms with van der Waals surface area (Å²) < 4.78 is 5.32. The fraction of sp³-hybridized carbons (Fsp3) is 0.471. The van der Waals surface area contributed by atoms with Crippen molar-refractivity contribution in [3.63, 3.8) is 0 Å². The van der Waals surface area contributed by atoms with Gasteiger partial charge in [0.1, 0.15) is 5.58 Å². The fourth-order valence-corrected chi connectivity index (χ4v) is 3.89. The highest BCUT2D eigenvalue weighted by Gasteiger charge is 2.40. The zero-order chi connectivity index (χ0) is 14.4. The van der Waals surface area contributed by atoms with Crippen molar-refractivity contribution in [3.05, 3.63) is 36.1 Å². The van der Waals surface area contributed by atoms with Gasteiger partial charge in [-0.2, -0.15) is 0 Å². The number of fused-ring (bicyclic) bond motifs is 4. The van der Waals surface area contributed by atoms with Gasteiger partial charge in [-0.1, -0.05) is 0 Å². The van der Waals surface area contributed by atoms with Gasteiger partial charge in [0, 0.05) is 23.0 Å². The van der Waals surface area contributed by atoms with Gasteiger partial charge in [0.05, 0.1) is 6.26 Å². The van der Waals surface area contributed by atoms with Crippen molar-refractivity contribution in [1.82, 2.24) is 10.2 Å². The van der Waals surface area contributed by atoms with Gasteiger partial charge in [-0.15, -0.1) is 0 Å². The van der Waals surface area contributed by atoms with Gasteiger partial charge in [-0.25, -0.2) is 0 Å². The van der Waals surface area contributed by atoms with E-state index in [2.05, 4.69) is 17.1 Å². The molecular weight excluding hydrogens is 264 g/mol. The molecule has 3 saturated heterocycles. The largest absolute Gasteiger partial charge is 0.464 e. The Balaban J connectivity index is 1.54. The third-order valence-corrected chi connectivity index (χ3v) is 5.19. The topological polar surface area (TPSA) is 45.5 Å². The Labute approximate surface area is 124 Å². The second kappa shape index (κ2) is 4.88. The van der Waals surface area contributed by atoms with E-state index in [1.807, 2.05) is 24.3 Å². The monoisotopic (exact) mass is 284 g/mol. The van der Waals surface area contributed by atoms with Crippen LogP contribution in [0.3, 0.4) is 0 Å². The molecule has 21 heavy (non-hydrogen) atoms. The van der Waals surface area contributed by atoms with Crippen LogP contribution in [0.2, 0.25) is 0 Å². The van der Waals surface area contributed by atoms with Crippen LogP contribution in [0.1, 0.15) is 30.1 Å². The highest BCUT2D eigenvalue weighted by molar-refractivity contribution is 5.97. The number of nitrogens with one attached hydrogen (secondary N) is 1. The number of hydrogen-bond donors (Lipinski definition) is 1. The standard InChI is InChI=1S/C17H20N2O2/c1-11-16(12-4-7-19(11)8-5-12)18-17(20)14-2-3-15-13(10-14)6-9-21-15/h2-3,6,9-12,16H,4-5,7-8H2,1H3,(H,18,20)/t11-,16-/m0/s1. The van der Waals surface area contributed by atoms with E-state index in [0.717, 1.165) is 11.0 Å². The maximum Gasteiger partial charge on any atom is 0.251 e. The summed E-state index contributed by atoms with van der Waals surface area (Å²) in [5.74, 6) is 0.662. The molecule has 2 atom stereocenters. The van der Waals surface area contributed by atoms with E-state index >= 15 is 0 Å². The number of nitrogens with zero attached hydrogens (tertiary/aromatic N) is 1. The molecule has 4 nitrogen and oxygen atoms in total. The average Bonchev–Trinajstić information content (AvgIpc) is 2.98. The van der Waals surface area contributed by atoms with Crippen molar-refractivity contribution in [2.75, 3.05) is 13.1 Å². The molecule has 4 heterocycles. The van der Waals surface area contributed by atoms with E-state index in [1.54, 1.807) is 6.26 Å². The Morgan fingerprint density at radius 3 is 2.86 bits per heavy atom. The quantitative estimate of drug-likeness (QED) is 0.922. The van der Waals surface area contributed by atoms with Crippen LogP contribution in [0.4, 0.5) is 0 Å². The molecule has 110 valence electrons. The molecule has 0 spiro atoms. The van der Waals surface area contributed by atoms with Crippen LogP contribution in [0.15, 0.2) is 34.9 Å². The zero-order valence-electron chi connectivity index (χ0n) is 12.2. The Kier molecular flexibility index (Phi) is 3.00. The number of carbonyl (C=O) groups excluding carboxylic acids is 1. The van der Waals surface area contributed by atoms with Gasteiger partial charge in [0.2, 0.25) is 0 Å². The van der Waals surface area contributed by atoms with Gasteiger partial charge in [-0.3, -0.25) is 9.69 Å². The molecule has 0 aliphatic carbocycles. The van der Waals surface area contributed by atoms with E-state index in [1.165, 1.54) is 25.9 Å². The molecule has 3 fully saturated rings. The molecule has 1 N–H and O–H groups in total. The van der Waals surface area contributed by atoms with E-state index in [4.69, 9.17) is 4.42 Å². The highest BCUT2D eigenvalue weighted by Crippen LogP contribution is 2.32. The molecule has 0 radical (unpaired) electrons. The normalized spacial score (nSPS) is 31.5. The predicted octanol–water partition coefficient (Wildman–Crippen LogP) is 2.65.